The van der Waals surface area contributed by atoms with Crippen LogP contribution in [-0.4, -0.2) is 15.2 Å². The van der Waals surface area contributed by atoms with E-state index >= 15 is 0 Å². The number of hydrogen-bond donors (Lipinski definition) is 1. The van der Waals surface area contributed by atoms with Crippen LogP contribution in [0.5, 0.6) is 5.75 Å². The van der Waals surface area contributed by atoms with Crippen LogP contribution in [0.15, 0.2) is 77.3 Å². The molecule has 0 aliphatic carbocycles. The van der Waals surface area contributed by atoms with E-state index in [1.165, 1.54) is 11.1 Å². The van der Waals surface area contributed by atoms with Gasteiger partial charge in [-0.3, -0.25) is 4.98 Å². The molecular weight excluding hydrogens is 400 g/mol. The first-order valence-electron chi connectivity index (χ1n) is 10.6. The van der Waals surface area contributed by atoms with E-state index in [1.54, 1.807) is 6.20 Å². The Morgan fingerprint density at radius 1 is 0.844 bits per heavy atom. The van der Waals surface area contributed by atoms with Gasteiger partial charge >= 0.3 is 6.01 Å². The first-order valence-corrected chi connectivity index (χ1v) is 10.6. The molecule has 6 nitrogen and oxygen atoms in total. The van der Waals surface area contributed by atoms with E-state index in [2.05, 4.69) is 67.1 Å². The summed E-state index contributed by atoms with van der Waals surface area (Å²) in [5, 5.41) is 7.71. The fourth-order valence-electron chi connectivity index (χ4n) is 3.86. The van der Waals surface area contributed by atoms with Crippen LogP contribution in [0.4, 0.5) is 6.01 Å². The lowest BCUT2D eigenvalue weighted by Crippen LogP contribution is -2.38. The first kappa shape index (κ1) is 21.6. The fraction of sp³-hybridized carbons (Fsp3) is 0.269. The van der Waals surface area contributed by atoms with Crippen molar-refractivity contribution in [1.29, 1.82) is 0 Å². The van der Waals surface area contributed by atoms with Crippen LogP contribution >= 0.6 is 0 Å². The van der Waals surface area contributed by atoms with E-state index in [1.807, 2.05) is 42.5 Å². The number of pyridine rings is 1. The number of rotatable bonds is 6. The number of hydrogen-bond acceptors (Lipinski definition) is 6. The molecule has 0 radical (unpaired) electrons. The van der Waals surface area contributed by atoms with E-state index < -0.39 is 0 Å². The third-order valence-electron chi connectivity index (χ3n) is 6.19. The van der Waals surface area contributed by atoms with Gasteiger partial charge in [-0.15, -0.1) is 5.10 Å². The van der Waals surface area contributed by atoms with Crippen LogP contribution in [-0.2, 0) is 12.0 Å². The van der Waals surface area contributed by atoms with Gasteiger partial charge in [0.1, 0.15) is 12.4 Å². The van der Waals surface area contributed by atoms with Gasteiger partial charge in [-0.05, 0) is 52.9 Å². The summed E-state index contributed by atoms with van der Waals surface area (Å²) in [5.74, 6) is 1.24. The highest BCUT2D eigenvalue weighted by Gasteiger charge is 2.40. The number of nitrogens with zero attached hydrogens (tertiary/aromatic N) is 3. The normalized spacial score (nSPS) is 13.5. The van der Waals surface area contributed by atoms with Crippen LogP contribution in [0.2, 0.25) is 0 Å². The van der Waals surface area contributed by atoms with Gasteiger partial charge in [0.05, 0.1) is 5.69 Å². The molecule has 0 spiro atoms. The molecule has 1 atom stereocenters. The highest BCUT2D eigenvalue weighted by molar-refractivity contribution is 5.55. The van der Waals surface area contributed by atoms with Crippen LogP contribution in [0.1, 0.15) is 44.5 Å². The van der Waals surface area contributed by atoms with Crippen molar-refractivity contribution in [3.63, 3.8) is 0 Å². The third-order valence-corrected chi connectivity index (χ3v) is 6.19. The zero-order chi connectivity index (χ0) is 22.8. The number of nitrogen functional groups attached to an aromatic ring is 1. The summed E-state index contributed by atoms with van der Waals surface area (Å²) >= 11 is 0. The molecule has 2 aromatic heterocycles. The molecule has 2 N–H and O–H groups in total. The number of aromatic nitrogens is 3. The maximum atomic E-state index is 5.92. The quantitative estimate of drug-likeness (QED) is 0.427. The molecule has 1 unspecified atom stereocenters. The summed E-state index contributed by atoms with van der Waals surface area (Å²) < 4.78 is 11.3. The minimum atomic E-state index is -0.237. The van der Waals surface area contributed by atoms with Gasteiger partial charge < -0.3 is 14.9 Å². The van der Waals surface area contributed by atoms with Gasteiger partial charge in [0, 0.05) is 17.2 Å². The average molecular weight is 429 g/mol. The van der Waals surface area contributed by atoms with Crippen molar-refractivity contribution in [3.8, 4) is 17.2 Å². The van der Waals surface area contributed by atoms with Crippen molar-refractivity contribution in [3.05, 3.63) is 89.7 Å². The second-order valence-corrected chi connectivity index (χ2v) is 9.03. The molecule has 0 saturated heterocycles. The molecule has 6 heteroatoms. The van der Waals surface area contributed by atoms with Crippen molar-refractivity contribution in [2.24, 2.45) is 5.41 Å². The van der Waals surface area contributed by atoms with Gasteiger partial charge in [0.15, 0.2) is 0 Å². The Bertz CT molecular complexity index is 1160. The molecule has 164 valence electrons. The molecular formula is C26H28N4O2. The predicted molar refractivity (Wildman–Crippen MR) is 125 cm³/mol. The molecule has 0 bridgehead atoms. The molecule has 4 aromatic rings. The lowest BCUT2D eigenvalue weighted by Gasteiger charge is -2.43. The maximum Gasteiger partial charge on any atom is 0.313 e. The molecule has 0 aliphatic rings. The molecule has 0 amide bonds. The van der Waals surface area contributed by atoms with Crippen molar-refractivity contribution in [2.75, 3.05) is 5.73 Å². The van der Waals surface area contributed by atoms with Gasteiger partial charge in [0.2, 0.25) is 5.89 Å². The Morgan fingerprint density at radius 3 is 2.03 bits per heavy atom. The molecule has 2 heterocycles. The number of ether oxygens (including phenoxy) is 1. The summed E-state index contributed by atoms with van der Waals surface area (Å²) in [5.41, 5.74) is 9.43. The zero-order valence-electron chi connectivity index (χ0n) is 18.9. The largest absolute Gasteiger partial charge is 0.487 e. The summed E-state index contributed by atoms with van der Waals surface area (Å²) in [4.78, 5) is 4.31. The molecule has 2 aromatic carbocycles. The van der Waals surface area contributed by atoms with Gasteiger partial charge in [-0.2, -0.15) is 0 Å². The topological polar surface area (TPSA) is 87.1 Å². The van der Waals surface area contributed by atoms with Crippen LogP contribution in [0, 0.1) is 5.41 Å². The molecule has 0 fully saturated rings. The van der Waals surface area contributed by atoms with Crippen molar-refractivity contribution in [2.45, 2.75) is 39.7 Å². The highest BCUT2D eigenvalue weighted by Crippen LogP contribution is 2.47. The summed E-state index contributed by atoms with van der Waals surface area (Å²) in [6.45, 7) is 9.48. The highest BCUT2D eigenvalue weighted by atomic mass is 16.5. The maximum absolute atomic E-state index is 5.92. The van der Waals surface area contributed by atoms with Crippen LogP contribution in [0.25, 0.3) is 11.5 Å². The lowest BCUT2D eigenvalue weighted by molar-refractivity contribution is 0.248. The Morgan fingerprint density at radius 2 is 1.50 bits per heavy atom. The second kappa shape index (κ2) is 8.46. The Balaban J connectivity index is 1.60. The molecule has 32 heavy (non-hydrogen) atoms. The number of nitrogens with two attached hydrogens (primary N) is 1. The van der Waals surface area contributed by atoms with Crippen LogP contribution in [0.3, 0.4) is 0 Å². The van der Waals surface area contributed by atoms with Crippen molar-refractivity contribution < 1.29 is 9.15 Å². The van der Waals surface area contributed by atoms with E-state index in [0.717, 1.165) is 17.0 Å². The molecule has 4 rings (SSSR count). The van der Waals surface area contributed by atoms with Gasteiger partial charge in [0.25, 0.3) is 0 Å². The van der Waals surface area contributed by atoms with E-state index in [0.29, 0.717) is 12.5 Å². The summed E-state index contributed by atoms with van der Waals surface area (Å²) in [6, 6.07) is 22.4. The van der Waals surface area contributed by atoms with Crippen molar-refractivity contribution in [1.82, 2.24) is 15.2 Å². The predicted octanol–water partition coefficient (Wildman–Crippen LogP) is 5.64. The Labute approximate surface area is 188 Å². The van der Waals surface area contributed by atoms with E-state index in [-0.39, 0.29) is 16.8 Å². The minimum Gasteiger partial charge on any atom is -0.487 e. The SMILES string of the molecule is CC(C)(C)C(C)(c1ccc(OCc2ccccn2)cc1)c1ccc(-c2nnc(N)o2)cc1. The molecule has 0 saturated carbocycles. The van der Waals surface area contributed by atoms with Crippen LogP contribution < -0.4 is 10.5 Å². The fourth-order valence-corrected chi connectivity index (χ4v) is 3.86. The monoisotopic (exact) mass is 428 g/mol. The zero-order valence-corrected chi connectivity index (χ0v) is 18.9. The minimum absolute atomic E-state index is 0.0419. The van der Waals surface area contributed by atoms with E-state index in [4.69, 9.17) is 14.9 Å². The smallest absolute Gasteiger partial charge is 0.313 e. The van der Waals surface area contributed by atoms with E-state index in [9.17, 15) is 0 Å². The summed E-state index contributed by atoms with van der Waals surface area (Å²) in [6.07, 6.45) is 1.77. The Kier molecular flexibility index (Phi) is 5.70. The number of anilines is 1. The second-order valence-electron chi connectivity index (χ2n) is 9.03. The van der Waals surface area contributed by atoms with Gasteiger partial charge in [-0.25, -0.2) is 0 Å². The standard InChI is InChI=1S/C26H28N4O2/c1-25(2,3)26(4,19-10-8-18(9-11-19)23-29-30-24(27)32-23)20-12-14-22(15-13-20)31-17-21-7-5-6-16-28-21/h5-16H,17H2,1-4H3,(H2,27,30). The van der Waals surface area contributed by atoms with Gasteiger partial charge in [-0.1, -0.05) is 63.1 Å². The number of benzene rings is 2. The Hall–Kier alpha value is -3.67. The molecule has 0 aliphatic heterocycles. The lowest BCUT2D eigenvalue weighted by atomic mass is 9.60. The first-order chi connectivity index (χ1) is 15.3. The third kappa shape index (κ3) is 4.21. The average Bonchev–Trinajstić information content (AvgIpc) is 3.24. The van der Waals surface area contributed by atoms with Crippen molar-refractivity contribution >= 4 is 6.01 Å². The summed E-state index contributed by atoms with van der Waals surface area (Å²) in [7, 11) is 0.